The maximum Gasteiger partial charge on any atom is 0.133 e. The number of aromatic nitrogens is 2. The van der Waals surface area contributed by atoms with Crippen LogP contribution in [0, 0.1) is 6.92 Å². The van der Waals surface area contributed by atoms with Crippen LogP contribution in [0.25, 0.3) is 0 Å². The van der Waals surface area contributed by atoms with Crippen LogP contribution in [0.1, 0.15) is 37.9 Å². The topological polar surface area (TPSA) is 49.8 Å². The van der Waals surface area contributed by atoms with Crippen molar-refractivity contribution in [3.63, 3.8) is 0 Å². The van der Waals surface area contributed by atoms with E-state index in [4.69, 9.17) is 0 Å². The van der Waals surface area contributed by atoms with Crippen molar-refractivity contribution in [2.24, 2.45) is 0 Å². The number of rotatable bonds is 1. The molecule has 16 heavy (non-hydrogen) atoms. The van der Waals surface area contributed by atoms with Gasteiger partial charge in [0.1, 0.15) is 11.6 Å². The standard InChI is InChI=1S/C12H20N4/c1-8-14-10-7-13-6-5-9(10)11(15-8)16-12(2,3)4/h13H,5-7H2,1-4H3,(H,14,15,16). The minimum absolute atomic E-state index is 0.0411. The van der Waals surface area contributed by atoms with Crippen LogP contribution in [0.4, 0.5) is 5.82 Å². The van der Waals surface area contributed by atoms with E-state index in [1.807, 2.05) is 6.92 Å². The zero-order valence-corrected chi connectivity index (χ0v) is 10.5. The van der Waals surface area contributed by atoms with Gasteiger partial charge in [-0.2, -0.15) is 0 Å². The third-order valence-corrected chi connectivity index (χ3v) is 2.54. The van der Waals surface area contributed by atoms with E-state index in [0.717, 1.165) is 36.8 Å². The molecular weight excluding hydrogens is 200 g/mol. The minimum atomic E-state index is 0.0411. The van der Waals surface area contributed by atoms with Crippen LogP contribution in [0.3, 0.4) is 0 Å². The lowest BCUT2D eigenvalue weighted by molar-refractivity contribution is 0.602. The van der Waals surface area contributed by atoms with E-state index in [0.29, 0.717) is 0 Å². The molecule has 0 aliphatic carbocycles. The van der Waals surface area contributed by atoms with E-state index in [-0.39, 0.29) is 5.54 Å². The van der Waals surface area contributed by atoms with Crippen LogP contribution in [0.15, 0.2) is 0 Å². The fourth-order valence-corrected chi connectivity index (χ4v) is 1.94. The van der Waals surface area contributed by atoms with Crippen LogP contribution in [0.5, 0.6) is 0 Å². The monoisotopic (exact) mass is 220 g/mol. The molecule has 0 saturated heterocycles. The number of aryl methyl sites for hydroxylation is 1. The van der Waals surface area contributed by atoms with Gasteiger partial charge in [0.05, 0.1) is 5.69 Å². The highest BCUT2D eigenvalue weighted by Gasteiger charge is 2.19. The molecule has 0 aromatic carbocycles. The molecule has 1 aliphatic rings. The summed E-state index contributed by atoms with van der Waals surface area (Å²) in [6.45, 7) is 10.3. The van der Waals surface area contributed by atoms with Gasteiger partial charge in [0.15, 0.2) is 0 Å². The molecule has 4 nitrogen and oxygen atoms in total. The maximum atomic E-state index is 4.52. The normalized spacial score (nSPS) is 15.8. The Morgan fingerprint density at radius 2 is 2.00 bits per heavy atom. The Kier molecular flexibility index (Phi) is 2.84. The first-order chi connectivity index (χ1) is 7.46. The van der Waals surface area contributed by atoms with E-state index in [1.54, 1.807) is 0 Å². The molecule has 0 unspecified atom stereocenters. The van der Waals surface area contributed by atoms with E-state index in [9.17, 15) is 0 Å². The molecule has 0 fully saturated rings. The molecule has 1 aromatic heterocycles. The van der Waals surface area contributed by atoms with Gasteiger partial charge >= 0.3 is 0 Å². The van der Waals surface area contributed by atoms with Crippen LogP contribution in [0.2, 0.25) is 0 Å². The van der Waals surface area contributed by atoms with Gasteiger partial charge in [0.2, 0.25) is 0 Å². The largest absolute Gasteiger partial charge is 0.365 e. The summed E-state index contributed by atoms with van der Waals surface area (Å²) in [7, 11) is 0. The van der Waals surface area contributed by atoms with Gasteiger partial charge in [-0.3, -0.25) is 0 Å². The van der Waals surface area contributed by atoms with Crippen molar-refractivity contribution in [1.82, 2.24) is 15.3 Å². The molecule has 0 bridgehead atoms. The summed E-state index contributed by atoms with van der Waals surface area (Å²) in [6, 6.07) is 0. The number of hydrogen-bond donors (Lipinski definition) is 2. The molecule has 0 spiro atoms. The molecule has 1 aromatic rings. The van der Waals surface area contributed by atoms with Crippen LogP contribution < -0.4 is 10.6 Å². The highest BCUT2D eigenvalue weighted by Crippen LogP contribution is 2.22. The molecule has 2 rings (SSSR count). The summed E-state index contributed by atoms with van der Waals surface area (Å²) in [5, 5.41) is 6.81. The summed E-state index contributed by atoms with van der Waals surface area (Å²) < 4.78 is 0. The summed E-state index contributed by atoms with van der Waals surface area (Å²) in [5.74, 6) is 1.85. The van der Waals surface area contributed by atoms with Crippen molar-refractivity contribution in [3.8, 4) is 0 Å². The number of nitrogens with zero attached hydrogens (tertiary/aromatic N) is 2. The number of anilines is 1. The molecule has 0 atom stereocenters. The lowest BCUT2D eigenvalue weighted by Crippen LogP contribution is -2.31. The summed E-state index contributed by atoms with van der Waals surface area (Å²) in [4.78, 5) is 9.01. The molecule has 2 heterocycles. The highest BCUT2D eigenvalue weighted by molar-refractivity contribution is 5.49. The van der Waals surface area contributed by atoms with Crippen molar-refractivity contribution in [2.75, 3.05) is 11.9 Å². The van der Waals surface area contributed by atoms with Gasteiger partial charge in [0.25, 0.3) is 0 Å². The summed E-state index contributed by atoms with van der Waals surface area (Å²) in [5.41, 5.74) is 2.46. The van der Waals surface area contributed by atoms with Crippen molar-refractivity contribution >= 4 is 5.82 Å². The lowest BCUT2D eigenvalue weighted by atomic mass is 10.0. The van der Waals surface area contributed by atoms with Gasteiger partial charge in [-0.25, -0.2) is 9.97 Å². The summed E-state index contributed by atoms with van der Waals surface area (Å²) >= 11 is 0. The fourth-order valence-electron chi connectivity index (χ4n) is 1.94. The second-order valence-electron chi connectivity index (χ2n) is 5.35. The number of nitrogens with one attached hydrogen (secondary N) is 2. The van der Waals surface area contributed by atoms with Crippen LogP contribution in [-0.2, 0) is 13.0 Å². The molecular formula is C12H20N4. The number of hydrogen-bond acceptors (Lipinski definition) is 4. The van der Waals surface area contributed by atoms with Crippen molar-refractivity contribution in [3.05, 3.63) is 17.1 Å². The van der Waals surface area contributed by atoms with E-state index in [2.05, 4.69) is 41.4 Å². The Morgan fingerprint density at radius 3 is 2.69 bits per heavy atom. The van der Waals surface area contributed by atoms with Gasteiger partial charge in [-0.1, -0.05) is 0 Å². The maximum absolute atomic E-state index is 4.52. The molecule has 2 N–H and O–H groups in total. The smallest absolute Gasteiger partial charge is 0.133 e. The van der Waals surface area contributed by atoms with E-state index < -0.39 is 0 Å². The lowest BCUT2D eigenvalue weighted by Gasteiger charge is -2.26. The molecule has 88 valence electrons. The third-order valence-electron chi connectivity index (χ3n) is 2.54. The van der Waals surface area contributed by atoms with Crippen molar-refractivity contribution < 1.29 is 0 Å². The van der Waals surface area contributed by atoms with E-state index in [1.165, 1.54) is 5.56 Å². The highest BCUT2D eigenvalue weighted by atomic mass is 15.1. The fraction of sp³-hybridized carbons (Fsp3) is 0.667. The minimum Gasteiger partial charge on any atom is -0.365 e. The van der Waals surface area contributed by atoms with Gasteiger partial charge in [-0.15, -0.1) is 0 Å². The molecule has 0 saturated carbocycles. The Hall–Kier alpha value is -1.16. The first-order valence-corrected chi connectivity index (χ1v) is 5.81. The van der Waals surface area contributed by atoms with Gasteiger partial charge < -0.3 is 10.6 Å². The Bertz CT molecular complexity index is 393. The zero-order valence-electron chi connectivity index (χ0n) is 10.5. The molecule has 1 aliphatic heterocycles. The van der Waals surface area contributed by atoms with Crippen LogP contribution >= 0.6 is 0 Å². The molecule has 4 heteroatoms. The third kappa shape index (κ3) is 2.50. The quantitative estimate of drug-likeness (QED) is 0.755. The Morgan fingerprint density at radius 1 is 1.25 bits per heavy atom. The Balaban J connectivity index is 2.39. The molecule has 0 amide bonds. The first-order valence-electron chi connectivity index (χ1n) is 5.81. The summed E-state index contributed by atoms with van der Waals surface area (Å²) in [6.07, 6.45) is 1.01. The zero-order chi connectivity index (χ0) is 11.8. The predicted octanol–water partition coefficient (Wildman–Crippen LogP) is 1.64. The van der Waals surface area contributed by atoms with Gasteiger partial charge in [0, 0.05) is 17.6 Å². The number of fused-ring (bicyclic) bond motifs is 1. The van der Waals surface area contributed by atoms with Gasteiger partial charge in [-0.05, 0) is 40.7 Å². The first kappa shape index (κ1) is 11.3. The Labute approximate surface area is 96.9 Å². The second kappa shape index (κ2) is 4.01. The van der Waals surface area contributed by atoms with Crippen LogP contribution in [-0.4, -0.2) is 22.1 Å². The average molecular weight is 220 g/mol. The van der Waals surface area contributed by atoms with Crippen molar-refractivity contribution in [2.45, 2.75) is 46.2 Å². The van der Waals surface area contributed by atoms with Crippen molar-refractivity contribution in [1.29, 1.82) is 0 Å². The van der Waals surface area contributed by atoms with E-state index >= 15 is 0 Å². The molecule has 0 radical (unpaired) electrons. The second-order valence-corrected chi connectivity index (χ2v) is 5.35. The average Bonchev–Trinajstić information content (AvgIpc) is 2.14. The predicted molar refractivity (Wildman–Crippen MR) is 65.6 cm³/mol. The SMILES string of the molecule is Cc1nc2c(c(NC(C)(C)C)n1)CCNC2.